The highest BCUT2D eigenvalue weighted by Crippen LogP contribution is 2.28. The Morgan fingerprint density at radius 3 is 2.69 bits per heavy atom. The number of carbonyl (C=O) groups is 2. The minimum absolute atomic E-state index is 0.202. The van der Waals surface area contributed by atoms with Gasteiger partial charge in [-0.15, -0.1) is 5.10 Å². The molecule has 1 heterocycles. The predicted octanol–water partition coefficient (Wildman–Crippen LogP) is 1.00. The Balaban J connectivity index is 1.87. The molecule has 132 valence electrons. The van der Waals surface area contributed by atoms with Crippen LogP contribution in [-0.4, -0.2) is 37.0 Å². The van der Waals surface area contributed by atoms with Gasteiger partial charge in [0, 0.05) is 17.7 Å². The number of likely N-dealkylation sites (N-methyl/N-ethyl adjacent to an activating group) is 1. The molecule has 26 heavy (non-hydrogen) atoms. The van der Waals surface area contributed by atoms with Crippen molar-refractivity contribution in [3.8, 4) is 5.75 Å². The Kier molecular flexibility index (Phi) is 5.07. The average Bonchev–Trinajstić information content (AvgIpc) is 2.92. The first-order valence-corrected chi connectivity index (χ1v) is 8.05. The summed E-state index contributed by atoms with van der Waals surface area (Å²) in [4.78, 5) is 24.7. The van der Waals surface area contributed by atoms with Crippen LogP contribution in [-0.2, 0) is 9.59 Å². The number of benzene rings is 2. The van der Waals surface area contributed by atoms with Gasteiger partial charge in [-0.2, -0.15) is 5.10 Å². The number of aliphatic carboxylic acids is 1. The zero-order valence-corrected chi connectivity index (χ0v) is 14.1. The van der Waals surface area contributed by atoms with Crippen molar-refractivity contribution >= 4 is 29.5 Å². The second-order valence-corrected chi connectivity index (χ2v) is 5.46. The van der Waals surface area contributed by atoms with Gasteiger partial charge in [-0.1, -0.05) is 30.3 Å². The highest BCUT2D eigenvalue weighted by molar-refractivity contribution is 6.54. The van der Waals surface area contributed by atoms with Crippen LogP contribution in [0.3, 0.4) is 0 Å². The highest BCUT2D eigenvalue weighted by atomic mass is 16.5. The monoisotopic (exact) mass is 350 g/mol. The van der Waals surface area contributed by atoms with Crippen molar-refractivity contribution < 1.29 is 19.4 Å². The van der Waals surface area contributed by atoms with E-state index < -0.39 is 12.6 Å². The molecule has 3 rings (SSSR count). The van der Waals surface area contributed by atoms with Crippen molar-refractivity contribution in [1.29, 1.82) is 0 Å². The van der Waals surface area contributed by atoms with Crippen molar-refractivity contribution in [1.82, 2.24) is 0 Å². The number of rotatable bonds is 6. The van der Waals surface area contributed by atoms with E-state index in [1.807, 2.05) is 31.2 Å². The molecule has 1 aliphatic rings. The number of carboxylic acid groups (broad SMARTS) is 1. The van der Waals surface area contributed by atoms with Gasteiger partial charge >= 0.3 is 0 Å². The van der Waals surface area contributed by atoms with Crippen molar-refractivity contribution in [3.63, 3.8) is 0 Å². The Hall–Kier alpha value is -3.48. The van der Waals surface area contributed by atoms with Gasteiger partial charge in [0.2, 0.25) is 0 Å². The van der Waals surface area contributed by atoms with Crippen molar-refractivity contribution in [2.75, 3.05) is 18.1 Å². The number of nitrogens with zero attached hydrogens (tertiary/aromatic N) is 3. The molecular formula is C19H16N3O4-. The number of para-hydroxylation sites is 2. The van der Waals surface area contributed by atoms with Gasteiger partial charge in [-0.25, -0.2) is 0 Å². The summed E-state index contributed by atoms with van der Waals surface area (Å²) in [5.74, 6) is -1.17. The van der Waals surface area contributed by atoms with Gasteiger partial charge < -0.3 is 19.5 Å². The van der Waals surface area contributed by atoms with E-state index in [2.05, 4.69) is 10.2 Å². The SMILES string of the molecule is CCN1C(=O)/C(=N/N=C\c2ccccc2OCC(=O)[O-])c2ccccc21. The van der Waals surface area contributed by atoms with Gasteiger partial charge in [-0.05, 0) is 25.1 Å². The number of anilines is 1. The molecule has 1 aliphatic heterocycles. The number of ether oxygens (including phenoxy) is 1. The lowest BCUT2D eigenvalue weighted by atomic mass is 10.1. The largest absolute Gasteiger partial charge is 0.546 e. The number of carboxylic acids is 1. The molecular weight excluding hydrogens is 334 g/mol. The van der Waals surface area contributed by atoms with E-state index in [1.54, 1.807) is 29.2 Å². The number of hydrogen-bond donors (Lipinski definition) is 0. The third-order valence-corrected chi connectivity index (χ3v) is 3.83. The summed E-state index contributed by atoms with van der Waals surface area (Å²) < 4.78 is 5.16. The summed E-state index contributed by atoms with van der Waals surface area (Å²) in [6, 6.07) is 14.2. The van der Waals surface area contributed by atoms with Crippen LogP contribution in [0.1, 0.15) is 18.1 Å². The minimum atomic E-state index is -1.31. The summed E-state index contributed by atoms with van der Waals surface area (Å²) in [7, 11) is 0. The molecule has 0 saturated carbocycles. The van der Waals surface area contributed by atoms with Gasteiger partial charge in [0.05, 0.1) is 17.9 Å². The Morgan fingerprint density at radius 2 is 1.92 bits per heavy atom. The molecule has 7 heteroatoms. The number of amides is 1. The maximum absolute atomic E-state index is 12.5. The first kappa shape index (κ1) is 17.3. The lowest BCUT2D eigenvalue weighted by Gasteiger charge is -2.12. The molecule has 0 bridgehead atoms. The molecule has 0 N–H and O–H groups in total. The van der Waals surface area contributed by atoms with Crippen LogP contribution in [0.4, 0.5) is 5.69 Å². The molecule has 0 aromatic heterocycles. The van der Waals surface area contributed by atoms with E-state index >= 15 is 0 Å². The summed E-state index contributed by atoms with van der Waals surface area (Å²) in [6.07, 6.45) is 1.42. The lowest BCUT2D eigenvalue weighted by Crippen LogP contribution is -2.29. The van der Waals surface area contributed by atoms with Gasteiger partial charge in [0.15, 0.2) is 5.71 Å². The maximum atomic E-state index is 12.5. The molecule has 7 nitrogen and oxygen atoms in total. The van der Waals surface area contributed by atoms with E-state index in [9.17, 15) is 14.7 Å². The van der Waals surface area contributed by atoms with E-state index in [4.69, 9.17) is 4.74 Å². The van der Waals surface area contributed by atoms with Gasteiger partial charge in [0.1, 0.15) is 12.4 Å². The quantitative estimate of drug-likeness (QED) is 0.574. The molecule has 0 radical (unpaired) electrons. The van der Waals surface area contributed by atoms with E-state index in [0.29, 0.717) is 17.9 Å². The molecule has 0 aliphatic carbocycles. The number of hydrogen-bond acceptors (Lipinski definition) is 6. The summed E-state index contributed by atoms with van der Waals surface area (Å²) in [5, 5.41) is 18.6. The van der Waals surface area contributed by atoms with E-state index in [1.165, 1.54) is 6.21 Å². The van der Waals surface area contributed by atoms with Crippen molar-refractivity contribution in [2.45, 2.75) is 6.92 Å². The fourth-order valence-electron chi connectivity index (χ4n) is 2.68. The predicted molar refractivity (Wildman–Crippen MR) is 95.5 cm³/mol. The molecule has 0 atom stereocenters. The van der Waals surface area contributed by atoms with Crippen LogP contribution in [0.5, 0.6) is 5.75 Å². The molecule has 0 saturated heterocycles. The van der Waals surface area contributed by atoms with Gasteiger partial charge in [0.25, 0.3) is 5.91 Å². The molecule has 2 aromatic carbocycles. The molecule has 1 amide bonds. The molecule has 2 aromatic rings. The zero-order valence-electron chi connectivity index (χ0n) is 14.1. The van der Waals surface area contributed by atoms with E-state index in [-0.39, 0.29) is 11.6 Å². The third-order valence-electron chi connectivity index (χ3n) is 3.83. The molecule has 0 fully saturated rings. The van der Waals surface area contributed by atoms with Crippen molar-refractivity contribution in [2.24, 2.45) is 10.2 Å². The van der Waals surface area contributed by atoms with E-state index in [0.717, 1.165) is 11.3 Å². The zero-order chi connectivity index (χ0) is 18.5. The normalized spacial score (nSPS) is 14.9. The summed E-state index contributed by atoms with van der Waals surface area (Å²) in [6.45, 7) is 1.88. The highest BCUT2D eigenvalue weighted by Gasteiger charge is 2.32. The Bertz CT molecular complexity index is 905. The fraction of sp³-hybridized carbons (Fsp3) is 0.158. The first-order chi connectivity index (χ1) is 12.6. The van der Waals surface area contributed by atoms with Crippen molar-refractivity contribution in [3.05, 3.63) is 59.7 Å². The molecule has 0 spiro atoms. The van der Waals surface area contributed by atoms with Crippen LogP contribution in [0.25, 0.3) is 0 Å². The number of fused-ring (bicyclic) bond motifs is 1. The third kappa shape index (κ3) is 3.46. The fourth-order valence-corrected chi connectivity index (χ4v) is 2.68. The minimum Gasteiger partial charge on any atom is -0.546 e. The van der Waals surface area contributed by atoms with Gasteiger partial charge in [-0.3, -0.25) is 4.79 Å². The smallest absolute Gasteiger partial charge is 0.279 e. The maximum Gasteiger partial charge on any atom is 0.279 e. The second-order valence-electron chi connectivity index (χ2n) is 5.46. The molecule has 0 unspecified atom stereocenters. The number of carbonyl (C=O) groups excluding carboxylic acids is 2. The van der Waals surface area contributed by atoms with Crippen LogP contribution < -0.4 is 14.7 Å². The van der Waals surface area contributed by atoms with Crippen LogP contribution in [0.2, 0.25) is 0 Å². The summed E-state index contributed by atoms with van der Waals surface area (Å²) >= 11 is 0. The van der Waals surface area contributed by atoms with Crippen LogP contribution in [0, 0.1) is 0 Å². The van der Waals surface area contributed by atoms with Crippen LogP contribution in [0.15, 0.2) is 58.7 Å². The standard InChI is InChI=1S/C19H17N3O4/c1-2-22-15-9-5-4-8-14(15)18(19(22)25)21-20-11-13-7-3-6-10-16(13)26-12-17(23)24/h3-11H,2,12H2,1H3,(H,23,24)/p-1/b20-11-,21-18+. The topological polar surface area (TPSA) is 94.4 Å². The first-order valence-electron chi connectivity index (χ1n) is 8.05. The Morgan fingerprint density at radius 1 is 1.19 bits per heavy atom. The Labute approximate surface area is 150 Å². The average molecular weight is 350 g/mol. The lowest BCUT2D eigenvalue weighted by molar-refractivity contribution is -0.307. The summed E-state index contributed by atoms with van der Waals surface area (Å²) in [5.41, 5.74) is 2.36. The van der Waals surface area contributed by atoms with Crippen LogP contribution >= 0.6 is 0 Å². The second kappa shape index (κ2) is 7.60.